The van der Waals surface area contributed by atoms with Crippen LogP contribution in [0.4, 0.5) is 5.69 Å². The molecule has 0 aromatic heterocycles. The first-order valence-electron chi connectivity index (χ1n) is 6.20. The fourth-order valence-corrected chi connectivity index (χ4v) is 1.66. The second-order valence-corrected chi connectivity index (χ2v) is 5.54. The smallest absolute Gasteiger partial charge is 0.0640 e. The zero-order valence-corrected chi connectivity index (χ0v) is 11.1. The largest absolute Gasteiger partial charge is 0.370 e. The second-order valence-electron chi connectivity index (χ2n) is 5.54. The molecule has 1 aromatic rings. The van der Waals surface area contributed by atoms with E-state index in [9.17, 15) is 0 Å². The normalized spacial score (nSPS) is 10.9. The summed E-state index contributed by atoms with van der Waals surface area (Å²) >= 11 is 0. The number of para-hydroxylation sites is 1. The summed E-state index contributed by atoms with van der Waals surface area (Å²) in [5.74, 6) is 0. The van der Waals surface area contributed by atoms with Gasteiger partial charge in [0.1, 0.15) is 0 Å². The summed E-state index contributed by atoms with van der Waals surface area (Å²) in [4.78, 5) is 2.30. The van der Waals surface area contributed by atoms with Crippen molar-refractivity contribution in [2.24, 2.45) is 5.41 Å². The van der Waals surface area contributed by atoms with E-state index in [1.165, 1.54) is 5.69 Å². The molecule has 0 N–H and O–H groups in total. The quantitative estimate of drug-likeness (QED) is 0.768. The predicted octanol–water partition coefficient (Wildman–Crippen LogP) is 3.84. The topological polar surface area (TPSA) is 27.0 Å². The van der Waals surface area contributed by atoms with Crippen LogP contribution in [-0.2, 0) is 0 Å². The van der Waals surface area contributed by atoms with Crippen LogP contribution < -0.4 is 4.90 Å². The highest BCUT2D eigenvalue weighted by molar-refractivity contribution is 5.45. The molecule has 1 rings (SSSR count). The molecule has 2 nitrogen and oxygen atoms in total. The van der Waals surface area contributed by atoms with Crippen LogP contribution in [0.25, 0.3) is 0 Å². The van der Waals surface area contributed by atoms with E-state index in [0.717, 1.165) is 19.5 Å². The number of benzene rings is 1. The first-order chi connectivity index (χ1) is 8.03. The molecule has 0 radical (unpaired) electrons. The molecule has 0 aliphatic carbocycles. The summed E-state index contributed by atoms with van der Waals surface area (Å²) in [5, 5.41) is 8.71. The van der Waals surface area contributed by atoms with Gasteiger partial charge in [-0.3, -0.25) is 0 Å². The van der Waals surface area contributed by atoms with Crippen LogP contribution in [0.3, 0.4) is 0 Å². The minimum Gasteiger partial charge on any atom is -0.370 e. The molecule has 2 heteroatoms. The van der Waals surface area contributed by atoms with Crippen molar-refractivity contribution in [2.75, 3.05) is 18.0 Å². The lowest BCUT2D eigenvalue weighted by Crippen LogP contribution is -2.28. The molecule has 17 heavy (non-hydrogen) atoms. The molecule has 0 saturated heterocycles. The van der Waals surface area contributed by atoms with Crippen LogP contribution in [0.2, 0.25) is 0 Å². The SMILES string of the molecule is CC(C)(C)CCN(CCC#N)c1ccccc1. The van der Waals surface area contributed by atoms with Gasteiger partial charge >= 0.3 is 0 Å². The fourth-order valence-electron chi connectivity index (χ4n) is 1.66. The maximum absolute atomic E-state index is 8.71. The van der Waals surface area contributed by atoms with E-state index in [-0.39, 0.29) is 0 Å². The first-order valence-corrected chi connectivity index (χ1v) is 6.20. The number of hydrogen-bond acceptors (Lipinski definition) is 2. The lowest BCUT2D eigenvalue weighted by atomic mass is 9.92. The van der Waals surface area contributed by atoms with E-state index in [1.807, 2.05) is 18.2 Å². The van der Waals surface area contributed by atoms with Gasteiger partial charge in [-0.15, -0.1) is 0 Å². The Morgan fingerprint density at radius 3 is 2.29 bits per heavy atom. The molecule has 0 bridgehead atoms. The van der Waals surface area contributed by atoms with Crippen molar-refractivity contribution in [1.29, 1.82) is 5.26 Å². The van der Waals surface area contributed by atoms with Gasteiger partial charge in [-0.25, -0.2) is 0 Å². The molecule has 0 unspecified atom stereocenters. The molecule has 0 aliphatic heterocycles. The van der Waals surface area contributed by atoms with Gasteiger partial charge in [0, 0.05) is 18.8 Å². The van der Waals surface area contributed by atoms with Gasteiger partial charge < -0.3 is 4.90 Å². The van der Waals surface area contributed by atoms with Crippen molar-refractivity contribution < 1.29 is 0 Å². The Bertz CT molecular complexity index is 357. The average Bonchev–Trinajstić information content (AvgIpc) is 2.29. The summed E-state index contributed by atoms with van der Waals surface area (Å²) in [7, 11) is 0. The summed E-state index contributed by atoms with van der Waals surface area (Å²) in [5.41, 5.74) is 1.55. The van der Waals surface area contributed by atoms with Crippen molar-refractivity contribution in [3.63, 3.8) is 0 Å². The monoisotopic (exact) mass is 230 g/mol. The van der Waals surface area contributed by atoms with Gasteiger partial charge in [0.05, 0.1) is 12.5 Å². The second kappa shape index (κ2) is 6.30. The molecule has 0 saturated carbocycles. The zero-order chi connectivity index (χ0) is 12.7. The molecule has 1 aromatic carbocycles. The number of anilines is 1. The van der Waals surface area contributed by atoms with Crippen LogP contribution in [0.5, 0.6) is 0 Å². The standard InChI is InChI=1S/C15H22N2/c1-15(2,3)10-13-17(12-7-11-16)14-8-5-4-6-9-14/h4-6,8-9H,7,10,12-13H2,1-3H3. The van der Waals surface area contributed by atoms with Gasteiger partial charge in [0.15, 0.2) is 0 Å². The minimum absolute atomic E-state index is 0.333. The Labute approximate surface area is 105 Å². The molecule has 0 fully saturated rings. The lowest BCUT2D eigenvalue weighted by Gasteiger charge is -2.28. The fraction of sp³-hybridized carbons (Fsp3) is 0.533. The van der Waals surface area contributed by atoms with Gasteiger partial charge in [0.25, 0.3) is 0 Å². The highest BCUT2D eigenvalue weighted by atomic mass is 15.1. The van der Waals surface area contributed by atoms with Gasteiger partial charge in [0.2, 0.25) is 0 Å². The average molecular weight is 230 g/mol. The van der Waals surface area contributed by atoms with E-state index >= 15 is 0 Å². The third kappa shape index (κ3) is 5.40. The maximum Gasteiger partial charge on any atom is 0.0640 e. The van der Waals surface area contributed by atoms with E-state index in [0.29, 0.717) is 11.8 Å². The molecule has 0 heterocycles. The molecule has 92 valence electrons. The Morgan fingerprint density at radius 2 is 1.76 bits per heavy atom. The number of nitrogens with zero attached hydrogens (tertiary/aromatic N) is 2. The molecular weight excluding hydrogens is 208 g/mol. The Hall–Kier alpha value is -1.49. The Kier molecular flexibility index (Phi) is 5.03. The Morgan fingerprint density at radius 1 is 1.12 bits per heavy atom. The highest BCUT2D eigenvalue weighted by Gasteiger charge is 2.13. The van der Waals surface area contributed by atoms with Crippen molar-refractivity contribution in [1.82, 2.24) is 0 Å². The highest BCUT2D eigenvalue weighted by Crippen LogP contribution is 2.21. The van der Waals surface area contributed by atoms with E-state index in [2.05, 4.69) is 43.9 Å². The molecule has 0 amide bonds. The van der Waals surface area contributed by atoms with Crippen molar-refractivity contribution >= 4 is 5.69 Å². The van der Waals surface area contributed by atoms with Crippen molar-refractivity contribution in [3.8, 4) is 6.07 Å². The molecule has 0 atom stereocenters. The van der Waals surface area contributed by atoms with Crippen LogP contribution in [-0.4, -0.2) is 13.1 Å². The van der Waals surface area contributed by atoms with Gasteiger partial charge in [-0.1, -0.05) is 39.0 Å². The van der Waals surface area contributed by atoms with E-state index in [1.54, 1.807) is 0 Å². The van der Waals surface area contributed by atoms with E-state index < -0.39 is 0 Å². The number of hydrogen-bond donors (Lipinski definition) is 0. The number of rotatable bonds is 5. The van der Waals surface area contributed by atoms with Crippen LogP contribution in [0.1, 0.15) is 33.6 Å². The predicted molar refractivity (Wildman–Crippen MR) is 73.0 cm³/mol. The Balaban J connectivity index is 2.65. The van der Waals surface area contributed by atoms with Crippen LogP contribution in [0, 0.1) is 16.7 Å². The van der Waals surface area contributed by atoms with Crippen molar-refractivity contribution in [3.05, 3.63) is 30.3 Å². The summed E-state index contributed by atoms with van der Waals surface area (Å²) < 4.78 is 0. The van der Waals surface area contributed by atoms with Gasteiger partial charge in [-0.05, 0) is 24.0 Å². The summed E-state index contributed by atoms with van der Waals surface area (Å²) in [6, 6.07) is 12.6. The van der Waals surface area contributed by atoms with Crippen molar-refractivity contribution in [2.45, 2.75) is 33.6 Å². The molecular formula is C15H22N2. The zero-order valence-electron chi connectivity index (χ0n) is 11.1. The van der Waals surface area contributed by atoms with Crippen LogP contribution >= 0.6 is 0 Å². The summed E-state index contributed by atoms with van der Waals surface area (Å²) in [6.07, 6.45) is 1.71. The molecule has 0 aliphatic rings. The van der Waals surface area contributed by atoms with E-state index in [4.69, 9.17) is 5.26 Å². The minimum atomic E-state index is 0.333. The van der Waals surface area contributed by atoms with Crippen LogP contribution in [0.15, 0.2) is 30.3 Å². The lowest BCUT2D eigenvalue weighted by molar-refractivity contribution is 0.379. The number of nitriles is 1. The third-order valence-electron chi connectivity index (χ3n) is 2.75. The molecule has 0 spiro atoms. The third-order valence-corrected chi connectivity index (χ3v) is 2.75. The maximum atomic E-state index is 8.71. The summed E-state index contributed by atoms with van der Waals surface area (Å²) in [6.45, 7) is 8.58. The van der Waals surface area contributed by atoms with Gasteiger partial charge in [-0.2, -0.15) is 5.26 Å². The first kappa shape index (κ1) is 13.6.